The molecular formula is C21H25N5O4S2. The molecule has 0 aliphatic carbocycles. The standard InChI is InChI=1S/C21H25N5O4S2/c1-4-25(5-2)32(28,29)17-11-12-19(30-3)18(13-17)23-20(27)14-31-21-22-15-26(24-21)16-9-7-6-8-10-16/h6-13,15H,4-5,14H2,1-3H3,(H,23,27). The van der Waals surface area contributed by atoms with Crippen molar-refractivity contribution in [3.8, 4) is 11.4 Å². The van der Waals surface area contributed by atoms with Gasteiger partial charge < -0.3 is 10.1 Å². The van der Waals surface area contributed by atoms with Gasteiger partial charge in [0.2, 0.25) is 21.1 Å². The van der Waals surface area contributed by atoms with Crippen molar-refractivity contribution in [2.45, 2.75) is 23.9 Å². The molecule has 0 unspecified atom stereocenters. The summed E-state index contributed by atoms with van der Waals surface area (Å²) in [6, 6.07) is 13.9. The van der Waals surface area contributed by atoms with Gasteiger partial charge in [0.25, 0.3) is 0 Å². The van der Waals surface area contributed by atoms with E-state index in [0.717, 1.165) is 5.69 Å². The van der Waals surface area contributed by atoms with Crippen LogP contribution in [0.25, 0.3) is 5.69 Å². The summed E-state index contributed by atoms with van der Waals surface area (Å²) >= 11 is 1.18. The van der Waals surface area contributed by atoms with Crippen molar-refractivity contribution in [2.24, 2.45) is 0 Å². The largest absolute Gasteiger partial charge is 0.495 e. The van der Waals surface area contributed by atoms with Gasteiger partial charge in [-0.05, 0) is 30.3 Å². The van der Waals surface area contributed by atoms with Gasteiger partial charge in [-0.15, -0.1) is 5.10 Å². The van der Waals surface area contributed by atoms with Crippen LogP contribution in [0, 0.1) is 0 Å². The molecule has 3 aromatic rings. The second-order valence-corrected chi connectivity index (χ2v) is 9.48. The van der Waals surface area contributed by atoms with Crippen LogP contribution in [0.4, 0.5) is 5.69 Å². The molecule has 9 nitrogen and oxygen atoms in total. The van der Waals surface area contributed by atoms with Gasteiger partial charge in [-0.3, -0.25) is 4.79 Å². The molecule has 1 amide bonds. The number of hydrogen-bond donors (Lipinski definition) is 1. The molecule has 2 aromatic carbocycles. The fraction of sp³-hybridized carbons (Fsp3) is 0.286. The molecule has 1 heterocycles. The molecule has 1 N–H and O–H groups in total. The Morgan fingerprint density at radius 3 is 2.53 bits per heavy atom. The van der Waals surface area contributed by atoms with E-state index in [9.17, 15) is 13.2 Å². The number of methoxy groups -OCH3 is 1. The van der Waals surface area contributed by atoms with Crippen molar-refractivity contribution in [3.05, 3.63) is 54.9 Å². The number of para-hydroxylation sites is 1. The van der Waals surface area contributed by atoms with Crippen LogP contribution in [-0.4, -0.2) is 59.3 Å². The third-order valence-electron chi connectivity index (χ3n) is 4.61. The van der Waals surface area contributed by atoms with Crippen LogP contribution >= 0.6 is 11.8 Å². The Labute approximate surface area is 191 Å². The fourth-order valence-corrected chi connectivity index (χ4v) is 5.08. The van der Waals surface area contributed by atoms with Crippen LogP contribution in [0.15, 0.2) is 64.9 Å². The molecule has 11 heteroatoms. The van der Waals surface area contributed by atoms with Gasteiger partial charge in [-0.2, -0.15) is 4.31 Å². The van der Waals surface area contributed by atoms with Crippen LogP contribution in [0.1, 0.15) is 13.8 Å². The van der Waals surface area contributed by atoms with Gasteiger partial charge in [0.1, 0.15) is 12.1 Å². The van der Waals surface area contributed by atoms with E-state index >= 15 is 0 Å². The Morgan fingerprint density at radius 1 is 1.16 bits per heavy atom. The Hall–Kier alpha value is -2.89. The number of amides is 1. The number of aromatic nitrogens is 3. The molecule has 0 fully saturated rings. The Balaban J connectivity index is 1.70. The lowest BCUT2D eigenvalue weighted by atomic mass is 10.3. The minimum Gasteiger partial charge on any atom is -0.495 e. The number of nitrogens with zero attached hydrogens (tertiary/aromatic N) is 4. The van der Waals surface area contributed by atoms with Gasteiger partial charge in [-0.1, -0.05) is 43.8 Å². The molecule has 0 radical (unpaired) electrons. The quantitative estimate of drug-likeness (QED) is 0.449. The van der Waals surface area contributed by atoms with Crippen molar-refractivity contribution < 1.29 is 17.9 Å². The minimum absolute atomic E-state index is 0.0506. The first-order valence-electron chi connectivity index (χ1n) is 9.97. The fourth-order valence-electron chi connectivity index (χ4n) is 2.99. The molecule has 0 saturated carbocycles. The zero-order chi connectivity index (χ0) is 23.1. The highest BCUT2D eigenvalue weighted by Crippen LogP contribution is 2.29. The molecule has 170 valence electrons. The summed E-state index contributed by atoms with van der Waals surface area (Å²) in [6.45, 7) is 4.26. The van der Waals surface area contributed by atoms with Gasteiger partial charge >= 0.3 is 0 Å². The van der Waals surface area contributed by atoms with Crippen LogP contribution in [-0.2, 0) is 14.8 Å². The molecule has 0 aliphatic heterocycles. The lowest BCUT2D eigenvalue weighted by Crippen LogP contribution is -2.30. The average Bonchev–Trinajstić information content (AvgIpc) is 3.28. The van der Waals surface area contributed by atoms with Gasteiger partial charge in [0, 0.05) is 13.1 Å². The second-order valence-electron chi connectivity index (χ2n) is 6.60. The van der Waals surface area contributed by atoms with E-state index in [-0.39, 0.29) is 22.2 Å². The van der Waals surface area contributed by atoms with Crippen LogP contribution in [0.5, 0.6) is 5.75 Å². The number of rotatable bonds is 10. The monoisotopic (exact) mass is 475 g/mol. The summed E-state index contributed by atoms with van der Waals surface area (Å²) in [5.41, 5.74) is 1.15. The first-order chi connectivity index (χ1) is 15.4. The highest BCUT2D eigenvalue weighted by Gasteiger charge is 2.23. The zero-order valence-corrected chi connectivity index (χ0v) is 19.7. The Kier molecular flexibility index (Phi) is 7.89. The Morgan fingerprint density at radius 2 is 1.88 bits per heavy atom. The zero-order valence-electron chi connectivity index (χ0n) is 18.1. The summed E-state index contributed by atoms with van der Waals surface area (Å²) in [4.78, 5) is 16.8. The number of sulfonamides is 1. The lowest BCUT2D eigenvalue weighted by Gasteiger charge is -2.19. The first kappa shape index (κ1) is 23.8. The molecule has 0 atom stereocenters. The summed E-state index contributed by atoms with van der Waals surface area (Å²) in [6.07, 6.45) is 1.58. The van der Waals surface area contributed by atoms with Gasteiger partial charge in [0.05, 0.1) is 29.1 Å². The van der Waals surface area contributed by atoms with Crippen molar-refractivity contribution in [1.29, 1.82) is 0 Å². The third-order valence-corrected chi connectivity index (χ3v) is 7.51. The van der Waals surface area contributed by atoms with E-state index in [1.54, 1.807) is 24.9 Å². The Bertz CT molecular complexity index is 1160. The van der Waals surface area contributed by atoms with Crippen molar-refractivity contribution in [1.82, 2.24) is 19.1 Å². The number of nitrogens with one attached hydrogen (secondary N) is 1. The highest BCUT2D eigenvalue weighted by atomic mass is 32.2. The van der Waals surface area contributed by atoms with Crippen LogP contribution in [0.2, 0.25) is 0 Å². The maximum absolute atomic E-state index is 12.8. The number of ether oxygens (including phenoxy) is 1. The normalized spacial score (nSPS) is 11.5. The predicted octanol–water partition coefficient (Wildman–Crippen LogP) is 3.04. The molecule has 0 bridgehead atoms. The van der Waals surface area contributed by atoms with Crippen LogP contribution in [0.3, 0.4) is 0 Å². The topological polar surface area (TPSA) is 106 Å². The number of carbonyl (C=O) groups is 1. The molecule has 1 aromatic heterocycles. The molecular weight excluding hydrogens is 450 g/mol. The number of anilines is 1. The van der Waals surface area contributed by atoms with E-state index in [4.69, 9.17) is 4.74 Å². The first-order valence-corrected chi connectivity index (χ1v) is 12.4. The number of benzene rings is 2. The maximum Gasteiger partial charge on any atom is 0.243 e. The molecule has 0 spiro atoms. The van der Waals surface area contributed by atoms with Gasteiger partial charge in [0.15, 0.2) is 0 Å². The molecule has 3 rings (SSSR count). The smallest absolute Gasteiger partial charge is 0.243 e. The lowest BCUT2D eigenvalue weighted by molar-refractivity contribution is -0.113. The van der Waals surface area contributed by atoms with E-state index < -0.39 is 10.0 Å². The SMILES string of the molecule is CCN(CC)S(=O)(=O)c1ccc(OC)c(NC(=O)CSc2ncn(-c3ccccc3)n2)c1. The minimum atomic E-state index is -3.66. The number of carbonyl (C=O) groups excluding carboxylic acids is 1. The highest BCUT2D eigenvalue weighted by molar-refractivity contribution is 7.99. The predicted molar refractivity (Wildman–Crippen MR) is 124 cm³/mol. The summed E-state index contributed by atoms with van der Waals surface area (Å²) < 4.78 is 33.9. The average molecular weight is 476 g/mol. The molecule has 0 saturated heterocycles. The number of hydrogen-bond acceptors (Lipinski definition) is 7. The second kappa shape index (κ2) is 10.6. The van der Waals surface area contributed by atoms with Gasteiger partial charge in [-0.25, -0.2) is 18.1 Å². The van der Waals surface area contributed by atoms with Crippen LogP contribution < -0.4 is 10.1 Å². The van der Waals surface area contributed by atoms with Crippen molar-refractivity contribution >= 4 is 33.4 Å². The maximum atomic E-state index is 12.8. The number of thioether (sulfide) groups is 1. The van der Waals surface area contributed by atoms with E-state index in [1.165, 1.54) is 41.4 Å². The molecule has 32 heavy (non-hydrogen) atoms. The van der Waals surface area contributed by atoms with Crippen molar-refractivity contribution in [2.75, 3.05) is 31.3 Å². The van der Waals surface area contributed by atoms with E-state index in [2.05, 4.69) is 15.4 Å². The molecule has 0 aliphatic rings. The van der Waals surface area contributed by atoms with E-state index in [0.29, 0.717) is 24.0 Å². The third kappa shape index (κ3) is 5.47. The van der Waals surface area contributed by atoms with E-state index in [1.807, 2.05) is 30.3 Å². The van der Waals surface area contributed by atoms with Crippen molar-refractivity contribution in [3.63, 3.8) is 0 Å². The summed E-state index contributed by atoms with van der Waals surface area (Å²) in [7, 11) is -2.21. The summed E-state index contributed by atoms with van der Waals surface area (Å²) in [5, 5.41) is 7.54. The summed E-state index contributed by atoms with van der Waals surface area (Å²) in [5.74, 6) is 0.0877.